The van der Waals surface area contributed by atoms with Gasteiger partial charge in [-0.3, -0.25) is 4.57 Å². The molecule has 102 valence electrons. The average molecular weight is 268 g/mol. The normalized spacial score (nSPS) is 12.3. The van der Waals surface area contributed by atoms with Crippen molar-refractivity contribution in [1.82, 2.24) is 24.3 Å². The zero-order valence-electron chi connectivity index (χ0n) is 11.4. The molecule has 6 heteroatoms. The maximum absolute atomic E-state index is 4.36. The maximum atomic E-state index is 4.36. The van der Waals surface area contributed by atoms with E-state index < -0.39 is 0 Å². The fourth-order valence-corrected chi connectivity index (χ4v) is 2.20. The van der Waals surface area contributed by atoms with Crippen LogP contribution in [0.5, 0.6) is 0 Å². The largest absolute Gasteiger partial charge is 0.375 e. The second-order valence-electron chi connectivity index (χ2n) is 4.68. The Morgan fingerprint density at radius 3 is 2.70 bits per heavy atom. The lowest BCUT2D eigenvalue weighted by molar-refractivity contribution is 0.721. The van der Waals surface area contributed by atoms with Gasteiger partial charge >= 0.3 is 0 Å². The Morgan fingerprint density at radius 2 is 2.00 bits per heavy atom. The molecule has 2 aromatic heterocycles. The molecule has 0 saturated carbocycles. The first kappa shape index (κ1) is 12.4. The summed E-state index contributed by atoms with van der Waals surface area (Å²) in [6, 6.07) is 8.24. The predicted molar refractivity (Wildman–Crippen MR) is 76.6 cm³/mol. The predicted octanol–water partition coefficient (Wildman–Crippen LogP) is 2.17. The molecule has 1 unspecified atom stereocenters. The SMILES string of the molecule is CC(Nc1cccc(-n2cnnc2)c1)c1nccn1C. The van der Waals surface area contributed by atoms with E-state index in [1.807, 2.05) is 40.6 Å². The summed E-state index contributed by atoms with van der Waals surface area (Å²) in [5.74, 6) is 1.000. The Labute approximate surface area is 117 Å². The zero-order valence-corrected chi connectivity index (χ0v) is 11.4. The lowest BCUT2D eigenvalue weighted by atomic mass is 10.2. The molecule has 1 aromatic carbocycles. The molecule has 0 radical (unpaired) electrons. The van der Waals surface area contributed by atoms with Crippen LogP contribution in [0.2, 0.25) is 0 Å². The topological polar surface area (TPSA) is 60.6 Å². The average Bonchev–Trinajstić information content (AvgIpc) is 3.09. The molecule has 0 aliphatic carbocycles. The summed E-state index contributed by atoms with van der Waals surface area (Å²) in [6.45, 7) is 2.09. The van der Waals surface area contributed by atoms with Gasteiger partial charge in [-0.25, -0.2) is 4.98 Å². The molecular formula is C14H16N6. The van der Waals surface area contributed by atoms with Crippen molar-refractivity contribution in [1.29, 1.82) is 0 Å². The molecule has 6 nitrogen and oxygen atoms in total. The fraction of sp³-hybridized carbons (Fsp3) is 0.214. The van der Waals surface area contributed by atoms with Crippen LogP contribution in [0.15, 0.2) is 49.3 Å². The number of nitrogens with one attached hydrogen (secondary N) is 1. The van der Waals surface area contributed by atoms with Crippen LogP contribution in [0.4, 0.5) is 5.69 Å². The van der Waals surface area contributed by atoms with Crippen LogP contribution in [0, 0.1) is 0 Å². The Balaban J connectivity index is 1.81. The van der Waals surface area contributed by atoms with Gasteiger partial charge in [0.05, 0.1) is 11.7 Å². The number of anilines is 1. The Kier molecular flexibility index (Phi) is 3.20. The minimum Gasteiger partial charge on any atom is -0.375 e. The first-order valence-corrected chi connectivity index (χ1v) is 6.43. The monoisotopic (exact) mass is 268 g/mol. The minimum absolute atomic E-state index is 0.131. The van der Waals surface area contributed by atoms with Crippen molar-refractivity contribution in [3.05, 3.63) is 55.1 Å². The van der Waals surface area contributed by atoms with Crippen LogP contribution >= 0.6 is 0 Å². The summed E-state index contributed by atoms with van der Waals surface area (Å²) >= 11 is 0. The molecule has 0 fully saturated rings. The number of hydrogen-bond donors (Lipinski definition) is 1. The van der Waals surface area contributed by atoms with E-state index in [0.717, 1.165) is 17.2 Å². The summed E-state index contributed by atoms with van der Waals surface area (Å²) in [4.78, 5) is 4.36. The van der Waals surface area contributed by atoms with Gasteiger partial charge in [0, 0.05) is 25.1 Å². The molecule has 20 heavy (non-hydrogen) atoms. The van der Waals surface area contributed by atoms with E-state index in [2.05, 4.69) is 33.5 Å². The zero-order chi connectivity index (χ0) is 13.9. The third-order valence-corrected chi connectivity index (χ3v) is 3.19. The van der Waals surface area contributed by atoms with E-state index in [0.29, 0.717) is 0 Å². The summed E-state index contributed by atoms with van der Waals surface area (Å²) in [7, 11) is 1.99. The summed E-state index contributed by atoms with van der Waals surface area (Å²) in [5, 5.41) is 11.1. The number of nitrogens with zero attached hydrogens (tertiary/aromatic N) is 5. The number of aryl methyl sites for hydroxylation is 1. The number of benzene rings is 1. The second-order valence-corrected chi connectivity index (χ2v) is 4.68. The molecule has 0 bridgehead atoms. The molecule has 0 saturated heterocycles. The number of aromatic nitrogens is 5. The molecule has 0 amide bonds. The second kappa shape index (κ2) is 5.16. The van der Waals surface area contributed by atoms with Crippen molar-refractivity contribution in [3.8, 4) is 5.69 Å². The lowest BCUT2D eigenvalue weighted by Gasteiger charge is -2.15. The Morgan fingerprint density at radius 1 is 1.20 bits per heavy atom. The standard InChI is InChI=1S/C14H16N6/c1-11(14-15-6-7-19(14)2)18-12-4-3-5-13(8-12)20-9-16-17-10-20/h3-11,18H,1-2H3. The van der Waals surface area contributed by atoms with Crippen molar-refractivity contribution in [2.75, 3.05) is 5.32 Å². The van der Waals surface area contributed by atoms with E-state index in [9.17, 15) is 0 Å². The van der Waals surface area contributed by atoms with Crippen LogP contribution in [-0.2, 0) is 7.05 Å². The third kappa shape index (κ3) is 2.40. The van der Waals surface area contributed by atoms with Gasteiger partial charge in [-0.2, -0.15) is 0 Å². The van der Waals surface area contributed by atoms with Gasteiger partial charge < -0.3 is 9.88 Å². The van der Waals surface area contributed by atoms with E-state index in [1.54, 1.807) is 18.9 Å². The van der Waals surface area contributed by atoms with Crippen LogP contribution in [-0.4, -0.2) is 24.3 Å². The highest BCUT2D eigenvalue weighted by Gasteiger charge is 2.10. The third-order valence-electron chi connectivity index (χ3n) is 3.19. The first-order chi connectivity index (χ1) is 9.74. The summed E-state index contributed by atoms with van der Waals surface area (Å²) in [6.07, 6.45) is 7.12. The van der Waals surface area contributed by atoms with Gasteiger partial charge in [-0.05, 0) is 25.1 Å². The van der Waals surface area contributed by atoms with E-state index in [-0.39, 0.29) is 6.04 Å². The van der Waals surface area contributed by atoms with Crippen LogP contribution in [0.1, 0.15) is 18.8 Å². The molecule has 3 aromatic rings. The molecule has 0 spiro atoms. The molecule has 1 N–H and O–H groups in total. The van der Waals surface area contributed by atoms with Crippen LogP contribution in [0.25, 0.3) is 5.69 Å². The van der Waals surface area contributed by atoms with Gasteiger partial charge in [0.15, 0.2) is 0 Å². The fourth-order valence-electron chi connectivity index (χ4n) is 2.20. The van der Waals surface area contributed by atoms with Gasteiger partial charge in [0.1, 0.15) is 18.5 Å². The van der Waals surface area contributed by atoms with Crippen molar-refractivity contribution in [2.45, 2.75) is 13.0 Å². The molecular weight excluding hydrogens is 252 g/mol. The smallest absolute Gasteiger partial charge is 0.130 e. The quantitative estimate of drug-likeness (QED) is 0.787. The van der Waals surface area contributed by atoms with Crippen molar-refractivity contribution in [3.63, 3.8) is 0 Å². The van der Waals surface area contributed by atoms with E-state index in [1.165, 1.54) is 0 Å². The van der Waals surface area contributed by atoms with Gasteiger partial charge in [0.2, 0.25) is 0 Å². The molecule has 0 aliphatic rings. The highest BCUT2D eigenvalue weighted by molar-refractivity contribution is 5.51. The van der Waals surface area contributed by atoms with Gasteiger partial charge in [0.25, 0.3) is 0 Å². The number of rotatable bonds is 4. The van der Waals surface area contributed by atoms with Crippen molar-refractivity contribution in [2.24, 2.45) is 7.05 Å². The highest BCUT2D eigenvalue weighted by Crippen LogP contribution is 2.20. The van der Waals surface area contributed by atoms with E-state index >= 15 is 0 Å². The summed E-state index contributed by atoms with van der Waals surface area (Å²) in [5.41, 5.74) is 2.05. The maximum Gasteiger partial charge on any atom is 0.130 e. The molecule has 3 rings (SSSR count). The van der Waals surface area contributed by atoms with Gasteiger partial charge in [-0.1, -0.05) is 6.07 Å². The van der Waals surface area contributed by atoms with Crippen LogP contribution in [0.3, 0.4) is 0 Å². The molecule has 0 aliphatic heterocycles. The number of imidazole rings is 1. The summed E-state index contributed by atoms with van der Waals surface area (Å²) < 4.78 is 3.89. The molecule has 1 atom stereocenters. The molecule has 2 heterocycles. The van der Waals surface area contributed by atoms with Crippen LogP contribution < -0.4 is 5.32 Å². The van der Waals surface area contributed by atoms with Gasteiger partial charge in [-0.15, -0.1) is 10.2 Å². The van der Waals surface area contributed by atoms with Crippen molar-refractivity contribution < 1.29 is 0 Å². The number of hydrogen-bond acceptors (Lipinski definition) is 4. The minimum atomic E-state index is 0.131. The highest BCUT2D eigenvalue weighted by atomic mass is 15.2. The Bertz CT molecular complexity index is 685. The Hall–Kier alpha value is -2.63. The lowest BCUT2D eigenvalue weighted by Crippen LogP contribution is -2.12. The first-order valence-electron chi connectivity index (χ1n) is 6.43. The van der Waals surface area contributed by atoms with Crippen molar-refractivity contribution >= 4 is 5.69 Å². The van der Waals surface area contributed by atoms with E-state index in [4.69, 9.17) is 0 Å².